The molecule has 1 heterocycles. The fourth-order valence-electron chi connectivity index (χ4n) is 3.46. The first-order valence-corrected chi connectivity index (χ1v) is 12.6. The Bertz CT molecular complexity index is 1360. The van der Waals surface area contributed by atoms with Crippen LogP contribution in [0.2, 0.25) is 0 Å². The maximum Gasteiger partial charge on any atom is 0.293 e. The number of imide groups is 1. The number of nitrogens with zero attached hydrogens (tertiary/aromatic N) is 2. The van der Waals surface area contributed by atoms with Gasteiger partial charge in [0.15, 0.2) is 11.5 Å². The summed E-state index contributed by atoms with van der Waals surface area (Å²) in [4.78, 5) is 37.3. The van der Waals surface area contributed by atoms with Crippen LogP contribution in [0.25, 0.3) is 6.08 Å². The van der Waals surface area contributed by atoms with E-state index in [2.05, 4.69) is 15.9 Å². The third-order valence-electron chi connectivity index (χ3n) is 5.32. The zero-order valence-corrected chi connectivity index (χ0v) is 22.0. The first-order chi connectivity index (χ1) is 17.9. The quantitative estimate of drug-likeness (QED) is 0.161. The smallest absolute Gasteiger partial charge is 0.293 e. The van der Waals surface area contributed by atoms with Gasteiger partial charge in [-0.3, -0.25) is 24.6 Å². The molecule has 9 nitrogen and oxygen atoms in total. The van der Waals surface area contributed by atoms with E-state index in [-0.39, 0.29) is 35.6 Å². The maximum absolute atomic E-state index is 13.0. The Morgan fingerprint density at radius 1 is 1.00 bits per heavy atom. The lowest BCUT2D eigenvalue weighted by molar-refractivity contribution is -0.384. The molecule has 2 amide bonds. The molecule has 3 aromatic carbocycles. The van der Waals surface area contributed by atoms with Crippen molar-refractivity contribution in [1.29, 1.82) is 0 Å². The number of non-ortho nitro benzene ring substituents is 1. The van der Waals surface area contributed by atoms with Crippen molar-refractivity contribution in [3.05, 3.63) is 97.3 Å². The van der Waals surface area contributed by atoms with Gasteiger partial charge in [-0.1, -0.05) is 28.1 Å². The van der Waals surface area contributed by atoms with Crippen molar-refractivity contribution in [3.8, 4) is 17.2 Å². The molecule has 0 aliphatic carbocycles. The molecule has 4 rings (SSSR count). The summed E-state index contributed by atoms with van der Waals surface area (Å²) in [6, 6.07) is 18.5. The molecular weight excluding hydrogens is 564 g/mol. The van der Waals surface area contributed by atoms with Gasteiger partial charge in [0.05, 0.1) is 23.5 Å². The van der Waals surface area contributed by atoms with Gasteiger partial charge in [0.25, 0.3) is 16.8 Å². The van der Waals surface area contributed by atoms with E-state index in [1.165, 1.54) is 19.2 Å². The zero-order valence-electron chi connectivity index (χ0n) is 19.6. The van der Waals surface area contributed by atoms with Crippen LogP contribution >= 0.6 is 27.7 Å². The molecule has 1 saturated heterocycles. The van der Waals surface area contributed by atoms with Crippen LogP contribution in [-0.4, -0.2) is 41.2 Å². The number of hydrogen-bond acceptors (Lipinski definition) is 8. The standard InChI is InChI=1S/C26H21BrN2O7S/c1-34-22-4-2-3-5-23(22)35-13-12-28-25(30)24(37-26(28)31)15-18-14-19(27)8-11-21(18)36-16-17-6-9-20(10-7-17)29(32)33/h2-11,14-15H,12-13,16H2,1H3/b24-15-. The predicted octanol–water partition coefficient (Wildman–Crippen LogP) is 6.06. The van der Waals surface area contributed by atoms with Crippen LogP contribution in [0.3, 0.4) is 0 Å². The van der Waals surface area contributed by atoms with E-state index in [1.807, 2.05) is 6.07 Å². The van der Waals surface area contributed by atoms with E-state index in [1.54, 1.807) is 54.6 Å². The van der Waals surface area contributed by atoms with Gasteiger partial charge in [0.2, 0.25) is 0 Å². The Morgan fingerprint density at radius 2 is 1.73 bits per heavy atom. The predicted molar refractivity (Wildman–Crippen MR) is 143 cm³/mol. The molecule has 0 radical (unpaired) electrons. The van der Waals surface area contributed by atoms with Crippen LogP contribution < -0.4 is 14.2 Å². The summed E-state index contributed by atoms with van der Waals surface area (Å²) in [7, 11) is 1.54. The molecule has 1 fully saturated rings. The Hall–Kier alpha value is -3.83. The number of carbonyl (C=O) groups is 2. The topological polar surface area (TPSA) is 108 Å². The first kappa shape index (κ1) is 26.2. The molecule has 0 aromatic heterocycles. The van der Waals surface area contributed by atoms with Gasteiger partial charge in [0, 0.05) is 22.2 Å². The Balaban J connectivity index is 1.44. The highest BCUT2D eigenvalue weighted by atomic mass is 79.9. The van der Waals surface area contributed by atoms with Gasteiger partial charge in [-0.05, 0) is 65.9 Å². The van der Waals surface area contributed by atoms with Crippen molar-refractivity contribution >= 4 is 50.6 Å². The van der Waals surface area contributed by atoms with Crippen LogP contribution in [0.4, 0.5) is 10.5 Å². The van der Waals surface area contributed by atoms with E-state index in [0.717, 1.165) is 26.7 Å². The summed E-state index contributed by atoms with van der Waals surface area (Å²) in [5.41, 5.74) is 1.35. The van der Waals surface area contributed by atoms with Crippen molar-refractivity contribution in [2.24, 2.45) is 0 Å². The number of nitro groups is 1. The lowest BCUT2D eigenvalue weighted by atomic mass is 10.1. The Labute approximate surface area is 225 Å². The van der Waals surface area contributed by atoms with E-state index in [4.69, 9.17) is 14.2 Å². The summed E-state index contributed by atoms with van der Waals surface area (Å²) in [6.45, 7) is 0.371. The molecule has 0 spiro atoms. The number of amides is 2. The van der Waals surface area contributed by atoms with Crippen LogP contribution in [0.15, 0.2) is 76.1 Å². The van der Waals surface area contributed by atoms with Gasteiger partial charge in [-0.15, -0.1) is 0 Å². The molecule has 190 valence electrons. The normalized spacial score (nSPS) is 14.2. The van der Waals surface area contributed by atoms with Crippen molar-refractivity contribution in [1.82, 2.24) is 4.90 Å². The van der Waals surface area contributed by atoms with E-state index < -0.39 is 10.8 Å². The summed E-state index contributed by atoms with van der Waals surface area (Å²) in [5, 5.41) is 10.5. The number of carbonyl (C=O) groups excluding carboxylic acids is 2. The number of halogens is 1. The average molecular weight is 585 g/mol. The third-order valence-corrected chi connectivity index (χ3v) is 6.72. The molecular formula is C26H21BrN2O7S. The number of benzene rings is 3. The largest absolute Gasteiger partial charge is 0.493 e. The molecule has 37 heavy (non-hydrogen) atoms. The highest BCUT2D eigenvalue weighted by molar-refractivity contribution is 9.10. The second-order valence-corrected chi connectivity index (χ2v) is 9.64. The number of hydrogen-bond donors (Lipinski definition) is 0. The third kappa shape index (κ3) is 6.49. The molecule has 11 heteroatoms. The number of ether oxygens (including phenoxy) is 3. The number of para-hydroxylation sites is 2. The van der Waals surface area contributed by atoms with Crippen molar-refractivity contribution in [3.63, 3.8) is 0 Å². The summed E-state index contributed by atoms with van der Waals surface area (Å²) in [5.74, 6) is 1.16. The van der Waals surface area contributed by atoms with E-state index in [0.29, 0.717) is 22.8 Å². The van der Waals surface area contributed by atoms with Gasteiger partial charge < -0.3 is 14.2 Å². The molecule has 3 aromatic rings. The minimum absolute atomic E-state index is 0.00267. The molecule has 1 aliphatic rings. The van der Waals surface area contributed by atoms with E-state index >= 15 is 0 Å². The summed E-state index contributed by atoms with van der Waals surface area (Å²) < 4.78 is 17.7. The lowest BCUT2D eigenvalue weighted by Crippen LogP contribution is -2.32. The molecule has 0 saturated carbocycles. The first-order valence-electron chi connectivity index (χ1n) is 11.0. The number of thioether (sulfide) groups is 1. The van der Waals surface area contributed by atoms with E-state index in [9.17, 15) is 19.7 Å². The number of nitro benzene ring substituents is 1. The summed E-state index contributed by atoms with van der Waals surface area (Å²) in [6.07, 6.45) is 1.61. The highest BCUT2D eigenvalue weighted by Crippen LogP contribution is 2.35. The fraction of sp³-hybridized carbons (Fsp3) is 0.154. The maximum atomic E-state index is 13.0. The van der Waals surface area contributed by atoms with Crippen LogP contribution in [-0.2, 0) is 11.4 Å². The molecule has 0 unspecified atom stereocenters. The van der Waals surface area contributed by atoms with Crippen molar-refractivity contribution in [2.45, 2.75) is 6.61 Å². The lowest BCUT2D eigenvalue weighted by Gasteiger charge is -2.14. The molecule has 1 aliphatic heterocycles. The minimum Gasteiger partial charge on any atom is -0.493 e. The van der Waals surface area contributed by atoms with Crippen molar-refractivity contribution in [2.75, 3.05) is 20.3 Å². The van der Waals surface area contributed by atoms with Crippen molar-refractivity contribution < 1.29 is 28.7 Å². The highest BCUT2D eigenvalue weighted by Gasteiger charge is 2.35. The second kappa shape index (κ2) is 11.9. The summed E-state index contributed by atoms with van der Waals surface area (Å²) >= 11 is 4.27. The molecule has 0 bridgehead atoms. The van der Waals surface area contributed by atoms with Crippen LogP contribution in [0, 0.1) is 10.1 Å². The van der Waals surface area contributed by atoms with Crippen LogP contribution in [0.5, 0.6) is 17.2 Å². The van der Waals surface area contributed by atoms with Gasteiger partial charge in [-0.2, -0.15) is 0 Å². The minimum atomic E-state index is -0.463. The second-order valence-electron chi connectivity index (χ2n) is 7.73. The van der Waals surface area contributed by atoms with Gasteiger partial charge >= 0.3 is 0 Å². The molecule has 0 N–H and O–H groups in total. The SMILES string of the molecule is COc1ccccc1OCCN1C(=O)S/C(=C\c2cc(Br)ccc2OCc2ccc([N+](=O)[O-])cc2)C1=O. The monoisotopic (exact) mass is 584 g/mol. The average Bonchev–Trinajstić information content (AvgIpc) is 3.16. The fourth-order valence-corrected chi connectivity index (χ4v) is 4.69. The van der Waals surface area contributed by atoms with Gasteiger partial charge in [0.1, 0.15) is 19.0 Å². The number of methoxy groups -OCH3 is 1. The molecule has 0 atom stereocenters. The van der Waals surface area contributed by atoms with Gasteiger partial charge in [-0.25, -0.2) is 0 Å². The Kier molecular flexibility index (Phi) is 8.47. The Morgan fingerprint density at radius 3 is 2.43 bits per heavy atom. The van der Waals surface area contributed by atoms with Crippen LogP contribution in [0.1, 0.15) is 11.1 Å². The number of rotatable bonds is 10. The zero-order chi connectivity index (χ0) is 26.4.